The Balaban J connectivity index is 3.79. The molecule has 0 rings (SSSR count). The Kier molecular flexibility index (Phi) is 8.54. The van der Waals surface area contributed by atoms with E-state index in [1.54, 1.807) is 0 Å². The van der Waals surface area contributed by atoms with E-state index in [-0.39, 0.29) is 19.0 Å². The van der Waals surface area contributed by atoms with Gasteiger partial charge in [-0.05, 0) is 0 Å². The van der Waals surface area contributed by atoms with Crippen molar-refractivity contribution in [2.75, 3.05) is 13.1 Å². The van der Waals surface area contributed by atoms with Crippen molar-refractivity contribution in [2.45, 2.75) is 16.9 Å². The van der Waals surface area contributed by atoms with Gasteiger partial charge in [0.25, 0.3) is 0 Å². The number of rotatable bonds is 7. The van der Waals surface area contributed by atoms with Gasteiger partial charge in [-0.1, -0.05) is 0 Å². The Morgan fingerprint density at radius 1 is 1.18 bits per heavy atom. The van der Waals surface area contributed by atoms with Crippen LogP contribution in [0.25, 0.3) is 0 Å². The summed E-state index contributed by atoms with van der Waals surface area (Å²) in [7, 11) is 0. The second-order valence-electron chi connectivity index (χ2n) is 3.20. The van der Waals surface area contributed by atoms with E-state index in [9.17, 15) is 19.2 Å². The minimum absolute atomic E-state index is 0.166. The first-order valence-electron chi connectivity index (χ1n) is 4.90. The van der Waals surface area contributed by atoms with Crippen molar-refractivity contribution < 1.29 is 19.2 Å². The van der Waals surface area contributed by atoms with Crippen LogP contribution >= 0.6 is 0 Å². The van der Waals surface area contributed by atoms with Gasteiger partial charge in [0.15, 0.2) is 0 Å². The van der Waals surface area contributed by atoms with Crippen LogP contribution in [0, 0.1) is 0 Å². The maximum absolute atomic E-state index is 11.3. The zero-order chi connectivity index (χ0) is 13.3. The summed E-state index contributed by atoms with van der Waals surface area (Å²) in [5.74, 6) is -1.19. The molecule has 0 aromatic carbocycles. The monoisotopic (exact) mass is 436 g/mol. The Morgan fingerprint density at radius 2 is 1.76 bits per heavy atom. The molecule has 0 aliphatic rings. The molecule has 3 amide bonds. The van der Waals surface area contributed by atoms with E-state index < -0.39 is 17.9 Å². The molecule has 0 aromatic heterocycles. The molecule has 7 nitrogen and oxygen atoms in total. The molecule has 0 saturated heterocycles. The van der Waals surface area contributed by atoms with Crippen LogP contribution in [0.5, 0.6) is 0 Å². The van der Waals surface area contributed by atoms with E-state index in [0.717, 1.165) is 25.8 Å². The van der Waals surface area contributed by atoms with Gasteiger partial charge >= 0.3 is 115 Å². The molecule has 8 heteroatoms. The van der Waals surface area contributed by atoms with Gasteiger partial charge in [-0.2, -0.15) is 0 Å². The van der Waals surface area contributed by atoms with Crippen LogP contribution in [0.4, 0.5) is 0 Å². The quantitative estimate of drug-likeness (QED) is 0.304. The summed E-state index contributed by atoms with van der Waals surface area (Å²) in [5.41, 5.74) is 0. The molecule has 0 fully saturated rings. The molecule has 3 radical (unpaired) electrons. The Morgan fingerprint density at radius 3 is 2.24 bits per heavy atom. The van der Waals surface area contributed by atoms with Gasteiger partial charge in [-0.3, -0.25) is 0 Å². The molecular formula is C9H14N3O4Pb. The average molecular weight is 435 g/mol. The van der Waals surface area contributed by atoms with Crippen molar-refractivity contribution in [3.8, 4) is 0 Å². The fourth-order valence-electron chi connectivity index (χ4n) is 0.837. The summed E-state index contributed by atoms with van der Waals surface area (Å²) in [4.78, 5) is 43.3. The van der Waals surface area contributed by atoms with Crippen LogP contribution in [-0.4, -0.2) is 68.9 Å². The van der Waals surface area contributed by atoms with Gasteiger partial charge in [-0.25, -0.2) is 0 Å². The number of carbonyl (C=O) groups is 4. The van der Waals surface area contributed by atoms with Crippen LogP contribution in [0.2, 0.25) is 3.98 Å². The SMILES string of the molecule is CC(=O)NCC(=O)NCC(=O)NC(C=O)[CH2][Pb]. The van der Waals surface area contributed by atoms with Crippen molar-refractivity contribution >= 4 is 49.8 Å². The van der Waals surface area contributed by atoms with Crippen molar-refractivity contribution in [3.05, 3.63) is 0 Å². The molecule has 0 heterocycles. The van der Waals surface area contributed by atoms with Crippen molar-refractivity contribution in [3.63, 3.8) is 0 Å². The average Bonchev–Trinajstić information content (AvgIpc) is 2.30. The zero-order valence-corrected chi connectivity index (χ0v) is 13.3. The zero-order valence-electron chi connectivity index (χ0n) is 9.41. The molecule has 1 atom stereocenters. The molecule has 0 aromatic rings. The van der Waals surface area contributed by atoms with E-state index in [0.29, 0.717) is 10.3 Å². The Bertz CT molecular complexity index is 309. The first-order chi connectivity index (χ1) is 7.99. The second-order valence-corrected chi connectivity index (χ2v) is 4.79. The number of amides is 3. The molecule has 3 N–H and O–H groups in total. The minimum atomic E-state index is -0.471. The van der Waals surface area contributed by atoms with Crippen LogP contribution in [-0.2, 0) is 19.2 Å². The third-order valence-electron chi connectivity index (χ3n) is 1.67. The number of nitrogens with one attached hydrogen (secondary N) is 3. The molecule has 93 valence electrons. The van der Waals surface area contributed by atoms with Crippen molar-refractivity contribution in [2.24, 2.45) is 0 Å². The molecule has 1 unspecified atom stereocenters. The fourth-order valence-corrected chi connectivity index (χ4v) is 1.61. The summed E-state index contributed by atoms with van der Waals surface area (Å²) < 4.78 is 0.634. The summed E-state index contributed by atoms with van der Waals surface area (Å²) in [5, 5.41) is 7.08. The number of aldehydes is 1. The molecule has 0 aliphatic carbocycles. The van der Waals surface area contributed by atoms with E-state index >= 15 is 0 Å². The standard InChI is InChI=1S/C9H14N3O4.Pb/c1-6(5-13)12-9(16)4-11-8(15)3-10-7(2)14;/h5-6H,1,3-4H2,2H3,(H,10,14)(H,11,15)(H,12,16);. The third kappa shape index (κ3) is 8.77. The van der Waals surface area contributed by atoms with Gasteiger partial charge < -0.3 is 0 Å². The summed E-state index contributed by atoms with van der Waals surface area (Å²) in [6.45, 7) is 0.921. The first-order valence-corrected chi connectivity index (χ1v) is 7.64. The molecule has 0 saturated carbocycles. The van der Waals surface area contributed by atoms with Crippen LogP contribution in [0.3, 0.4) is 0 Å². The topological polar surface area (TPSA) is 104 Å². The van der Waals surface area contributed by atoms with E-state index in [4.69, 9.17) is 0 Å². The first kappa shape index (κ1) is 16.0. The normalized spacial score (nSPS) is 11.2. The van der Waals surface area contributed by atoms with Crippen molar-refractivity contribution in [1.29, 1.82) is 0 Å². The predicted molar refractivity (Wildman–Crippen MR) is 60.2 cm³/mol. The molecular weight excluding hydrogens is 421 g/mol. The summed E-state index contributed by atoms with van der Waals surface area (Å²) in [6.07, 6.45) is 0.671. The summed E-state index contributed by atoms with van der Waals surface area (Å²) in [6, 6.07) is -0.471. The summed E-state index contributed by atoms with van der Waals surface area (Å²) >= 11 is 0.806. The van der Waals surface area contributed by atoms with Crippen molar-refractivity contribution in [1.82, 2.24) is 16.0 Å². The van der Waals surface area contributed by atoms with E-state index in [1.807, 2.05) is 0 Å². The molecule has 0 bridgehead atoms. The third-order valence-corrected chi connectivity index (χ3v) is 3.38. The maximum atomic E-state index is 11.3. The number of hydrogen-bond donors (Lipinski definition) is 3. The van der Waals surface area contributed by atoms with E-state index in [1.165, 1.54) is 6.92 Å². The van der Waals surface area contributed by atoms with E-state index in [2.05, 4.69) is 16.0 Å². The second kappa shape index (κ2) is 9.08. The number of hydrogen-bond acceptors (Lipinski definition) is 4. The molecule has 0 spiro atoms. The van der Waals surface area contributed by atoms with Crippen LogP contribution < -0.4 is 16.0 Å². The van der Waals surface area contributed by atoms with Crippen LogP contribution in [0.15, 0.2) is 0 Å². The van der Waals surface area contributed by atoms with Gasteiger partial charge in [0.05, 0.1) is 0 Å². The van der Waals surface area contributed by atoms with Crippen LogP contribution in [0.1, 0.15) is 6.92 Å². The van der Waals surface area contributed by atoms with Gasteiger partial charge in [0, 0.05) is 0 Å². The predicted octanol–water partition coefficient (Wildman–Crippen LogP) is -2.49. The Hall–Kier alpha value is -0.998. The molecule has 0 aliphatic heterocycles. The Labute approximate surface area is 115 Å². The fraction of sp³-hybridized carbons (Fsp3) is 0.556. The molecule has 17 heavy (non-hydrogen) atoms. The van der Waals surface area contributed by atoms with Gasteiger partial charge in [0.2, 0.25) is 0 Å². The van der Waals surface area contributed by atoms with Gasteiger partial charge in [0.1, 0.15) is 0 Å². The van der Waals surface area contributed by atoms with Gasteiger partial charge in [-0.15, -0.1) is 0 Å². The number of carbonyl (C=O) groups excluding carboxylic acids is 4.